The lowest BCUT2D eigenvalue weighted by Gasteiger charge is -2.29. The number of rotatable bonds is 4. The second-order valence-electron chi connectivity index (χ2n) is 6.06. The topological polar surface area (TPSA) is 78.4 Å². The van der Waals surface area contributed by atoms with Crippen LogP contribution in [-0.4, -0.2) is 17.9 Å². The molecule has 1 N–H and O–H groups in total. The lowest BCUT2D eigenvalue weighted by molar-refractivity contribution is -0.118. The van der Waals surface area contributed by atoms with Crippen molar-refractivity contribution in [1.29, 1.82) is 5.26 Å². The number of furan rings is 1. The molecule has 0 saturated heterocycles. The van der Waals surface area contributed by atoms with E-state index < -0.39 is 11.8 Å². The summed E-state index contributed by atoms with van der Waals surface area (Å²) in [4.78, 5) is 17.6. The second-order valence-corrected chi connectivity index (χ2v) is 6.86. The van der Waals surface area contributed by atoms with E-state index in [1.807, 2.05) is 44.4 Å². The lowest BCUT2D eigenvalue weighted by Crippen LogP contribution is -2.36. The van der Waals surface area contributed by atoms with Gasteiger partial charge in [-0.1, -0.05) is 18.2 Å². The molecule has 1 aromatic carbocycles. The first-order valence-corrected chi connectivity index (χ1v) is 9.42. The summed E-state index contributed by atoms with van der Waals surface area (Å²) in [5.74, 6) is -0.701. The summed E-state index contributed by atoms with van der Waals surface area (Å²) in [6, 6.07) is 13.4. The molecule has 0 bridgehead atoms. The molecular weight excluding hydrogens is 346 g/mol. The average molecular weight is 365 g/mol. The fourth-order valence-corrected chi connectivity index (χ4v) is 3.77. The average Bonchev–Trinajstić information content (AvgIpc) is 3.16. The summed E-state index contributed by atoms with van der Waals surface area (Å²) < 4.78 is 5.57. The van der Waals surface area contributed by atoms with Crippen molar-refractivity contribution in [3.63, 3.8) is 0 Å². The standard InChI is InChI=1S/C20H19N3O2S/c1-12-7-4-5-8-15(12)23-19(24)17-13(2)22-20(26-3)14(11-21)18(17)16-9-6-10-25-16/h4-10,17-18H,1-3H3,(H,23,24)/t17?,18-/m0/s1. The predicted octanol–water partition coefficient (Wildman–Crippen LogP) is 4.50. The number of aliphatic imine (C=N–C) groups is 1. The van der Waals surface area contributed by atoms with Crippen LogP contribution in [0.25, 0.3) is 0 Å². The molecular formula is C20H19N3O2S. The second kappa shape index (κ2) is 7.63. The number of carbonyl (C=O) groups excluding carboxylic acids is 1. The molecule has 0 fully saturated rings. The number of benzene rings is 1. The van der Waals surface area contributed by atoms with E-state index in [0.717, 1.165) is 11.3 Å². The summed E-state index contributed by atoms with van der Waals surface area (Å²) in [6.07, 6.45) is 3.43. The molecule has 2 heterocycles. The third-order valence-corrected chi connectivity index (χ3v) is 5.15. The Labute approximate surface area is 156 Å². The number of amides is 1. The number of hydrogen-bond donors (Lipinski definition) is 1. The fourth-order valence-electron chi connectivity index (χ4n) is 3.14. The van der Waals surface area contributed by atoms with Crippen LogP contribution in [-0.2, 0) is 4.79 Å². The molecule has 0 saturated carbocycles. The van der Waals surface area contributed by atoms with Gasteiger partial charge >= 0.3 is 0 Å². The van der Waals surface area contributed by atoms with Gasteiger partial charge in [-0.05, 0) is 43.9 Å². The zero-order valence-electron chi connectivity index (χ0n) is 14.8. The van der Waals surface area contributed by atoms with Crippen LogP contribution >= 0.6 is 11.8 Å². The first-order chi connectivity index (χ1) is 12.6. The van der Waals surface area contributed by atoms with Gasteiger partial charge in [0, 0.05) is 11.4 Å². The molecule has 2 aromatic rings. The maximum atomic E-state index is 13.1. The van der Waals surface area contributed by atoms with E-state index in [2.05, 4.69) is 16.4 Å². The Bertz CT molecular complexity index is 923. The van der Waals surface area contributed by atoms with Crippen LogP contribution in [0.15, 0.2) is 62.7 Å². The van der Waals surface area contributed by atoms with Crippen molar-refractivity contribution in [3.05, 3.63) is 64.6 Å². The Morgan fingerprint density at radius 2 is 2.04 bits per heavy atom. The highest BCUT2D eigenvalue weighted by atomic mass is 32.2. The molecule has 1 amide bonds. The van der Waals surface area contributed by atoms with E-state index in [1.54, 1.807) is 18.4 Å². The van der Waals surface area contributed by atoms with Gasteiger partial charge in [-0.2, -0.15) is 5.26 Å². The number of anilines is 1. The Balaban J connectivity index is 2.03. The van der Waals surface area contributed by atoms with Gasteiger partial charge in [0.25, 0.3) is 0 Å². The molecule has 1 unspecified atom stereocenters. The van der Waals surface area contributed by atoms with Gasteiger partial charge in [0.15, 0.2) is 0 Å². The smallest absolute Gasteiger partial charge is 0.234 e. The third kappa shape index (κ3) is 3.31. The van der Waals surface area contributed by atoms with Crippen LogP contribution < -0.4 is 5.32 Å². The first-order valence-electron chi connectivity index (χ1n) is 8.20. The molecule has 0 aliphatic carbocycles. The molecule has 5 nitrogen and oxygen atoms in total. The first kappa shape index (κ1) is 18.0. The molecule has 1 aliphatic heterocycles. The van der Waals surface area contributed by atoms with Crippen molar-refractivity contribution in [2.75, 3.05) is 11.6 Å². The summed E-state index contributed by atoms with van der Waals surface area (Å²) in [7, 11) is 0. The number of thioether (sulfide) groups is 1. The van der Waals surface area contributed by atoms with Gasteiger partial charge in [-0.3, -0.25) is 4.79 Å². The number of nitrogens with one attached hydrogen (secondary N) is 1. The van der Waals surface area contributed by atoms with Gasteiger partial charge in [0.05, 0.1) is 29.7 Å². The third-order valence-electron chi connectivity index (χ3n) is 4.45. The van der Waals surface area contributed by atoms with Crippen molar-refractivity contribution >= 4 is 29.1 Å². The Kier molecular flexibility index (Phi) is 5.29. The van der Waals surface area contributed by atoms with E-state index in [0.29, 0.717) is 22.1 Å². The summed E-state index contributed by atoms with van der Waals surface area (Å²) in [5, 5.41) is 13.3. The van der Waals surface area contributed by atoms with E-state index in [1.165, 1.54) is 11.8 Å². The highest BCUT2D eigenvalue weighted by Crippen LogP contribution is 2.41. The Morgan fingerprint density at radius 3 is 2.65 bits per heavy atom. The molecule has 1 aliphatic rings. The van der Waals surface area contributed by atoms with Crippen LogP contribution in [0.4, 0.5) is 5.69 Å². The maximum absolute atomic E-state index is 13.1. The van der Waals surface area contributed by atoms with Gasteiger partial charge in [-0.25, -0.2) is 4.99 Å². The van der Waals surface area contributed by atoms with Gasteiger partial charge in [0.2, 0.25) is 5.91 Å². The number of nitriles is 1. The van der Waals surface area contributed by atoms with Crippen molar-refractivity contribution < 1.29 is 9.21 Å². The summed E-state index contributed by atoms with van der Waals surface area (Å²) >= 11 is 1.40. The minimum Gasteiger partial charge on any atom is -0.469 e. The van der Waals surface area contributed by atoms with E-state index >= 15 is 0 Å². The van der Waals surface area contributed by atoms with Crippen LogP contribution in [0.5, 0.6) is 0 Å². The SMILES string of the molecule is CSC1=C(C#N)[C@@H](c2ccco2)C(C(=O)Nc2ccccc2C)C(C)=N1. The zero-order valence-corrected chi connectivity index (χ0v) is 15.6. The number of allylic oxidation sites excluding steroid dienone is 1. The number of hydrogen-bond acceptors (Lipinski definition) is 5. The number of para-hydroxylation sites is 1. The van der Waals surface area contributed by atoms with Gasteiger partial charge in [-0.15, -0.1) is 11.8 Å². The van der Waals surface area contributed by atoms with E-state index in [-0.39, 0.29) is 5.91 Å². The van der Waals surface area contributed by atoms with Crippen LogP contribution in [0.3, 0.4) is 0 Å². The van der Waals surface area contributed by atoms with Crippen molar-refractivity contribution in [2.24, 2.45) is 10.9 Å². The van der Waals surface area contributed by atoms with Crippen LogP contribution in [0, 0.1) is 24.2 Å². The fraction of sp³-hybridized carbons (Fsp3) is 0.250. The van der Waals surface area contributed by atoms with Crippen molar-refractivity contribution in [1.82, 2.24) is 0 Å². The van der Waals surface area contributed by atoms with Crippen LogP contribution in [0.2, 0.25) is 0 Å². The van der Waals surface area contributed by atoms with Crippen molar-refractivity contribution in [2.45, 2.75) is 19.8 Å². The quantitative estimate of drug-likeness (QED) is 0.865. The zero-order chi connectivity index (χ0) is 18.7. The molecule has 6 heteroatoms. The van der Waals surface area contributed by atoms with Crippen LogP contribution in [0.1, 0.15) is 24.2 Å². The number of aryl methyl sites for hydroxylation is 1. The molecule has 1 aromatic heterocycles. The maximum Gasteiger partial charge on any atom is 0.234 e. The minimum absolute atomic E-state index is 0.199. The Morgan fingerprint density at radius 1 is 1.27 bits per heavy atom. The normalized spacial score (nSPS) is 19.7. The van der Waals surface area contributed by atoms with E-state index in [4.69, 9.17) is 4.42 Å². The highest BCUT2D eigenvalue weighted by Gasteiger charge is 2.40. The molecule has 26 heavy (non-hydrogen) atoms. The number of nitrogens with zero attached hydrogens (tertiary/aromatic N) is 2. The monoisotopic (exact) mass is 365 g/mol. The lowest BCUT2D eigenvalue weighted by atomic mass is 9.79. The highest BCUT2D eigenvalue weighted by molar-refractivity contribution is 8.02. The molecule has 3 rings (SSSR count). The molecule has 2 atom stereocenters. The van der Waals surface area contributed by atoms with E-state index in [9.17, 15) is 10.1 Å². The Hall–Kier alpha value is -2.78. The summed E-state index contributed by atoms with van der Waals surface area (Å²) in [5.41, 5.74) is 2.85. The molecule has 0 radical (unpaired) electrons. The number of carbonyl (C=O) groups is 1. The van der Waals surface area contributed by atoms with Gasteiger partial charge < -0.3 is 9.73 Å². The minimum atomic E-state index is -0.605. The molecule has 0 spiro atoms. The predicted molar refractivity (Wildman–Crippen MR) is 104 cm³/mol. The molecule has 132 valence electrons. The largest absolute Gasteiger partial charge is 0.469 e. The van der Waals surface area contributed by atoms with Gasteiger partial charge in [0.1, 0.15) is 10.8 Å². The summed E-state index contributed by atoms with van der Waals surface area (Å²) in [6.45, 7) is 3.76. The van der Waals surface area contributed by atoms with Crippen molar-refractivity contribution in [3.8, 4) is 6.07 Å².